The number of nitrogens with two attached hydrogens (primary N) is 1. The van der Waals surface area contributed by atoms with Crippen LogP contribution in [0, 0.1) is 11.8 Å². The molecule has 0 atom stereocenters. The highest BCUT2D eigenvalue weighted by atomic mass is 14.8. The van der Waals surface area contributed by atoms with Crippen LogP contribution in [-0.4, -0.2) is 13.6 Å². The van der Waals surface area contributed by atoms with Crippen molar-refractivity contribution in [2.45, 2.75) is 6.42 Å². The molecule has 0 bridgehead atoms. The van der Waals surface area contributed by atoms with Gasteiger partial charge in [0.05, 0.1) is 0 Å². The molecule has 0 saturated carbocycles. The summed E-state index contributed by atoms with van der Waals surface area (Å²) in [5.74, 6) is 6.03. The third-order valence-corrected chi connectivity index (χ3v) is 1.68. The van der Waals surface area contributed by atoms with Crippen molar-refractivity contribution in [3.8, 4) is 11.8 Å². The Balaban J connectivity index is 2.65. The van der Waals surface area contributed by atoms with Crippen molar-refractivity contribution in [2.75, 3.05) is 18.9 Å². The molecule has 0 radical (unpaired) electrons. The second kappa shape index (κ2) is 5.23. The van der Waals surface area contributed by atoms with E-state index in [0.717, 1.165) is 17.7 Å². The lowest BCUT2D eigenvalue weighted by molar-refractivity contribution is 1.03. The van der Waals surface area contributed by atoms with Crippen LogP contribution < -0.4 is 11.1 Å². The van der Waals surface area contributed by atoms with Gasteiger partial charge in [-0.15, -0.1) is 0 Å². The van der Waals surface area contributed by atoms with E-state index in [1.54, 1.807) is 0 Å². The molecule has 0 saturated heterocycles. The summed E-state index contributed by atoms with van der Waals surface area (Å²) in [7, 11) is 1.90. The first-order valence-electron chi connectivity index (χ1n) is 4.33. The Morgan fingerprint density at radius 1 is 1.31 bits per heavy atom. The van der Waals surface area contributed by atoms with Crippen LogP contribution in [0.15, 0.2) is 24.3 Å². The van der Waals surface area contributed by atoms with Gasteiger partial charge in [-0.05, 0) is 24.3 Å². The largest absolute Gasteiger partial charge is 0.388 e. The molecule has 13 heavy (non-hydrogen) atoms. The van der Waals surface area contributed by atoms with Crippen molar-refractivity contribution >= 4 is 5.69 Å². The van der Waals surface area contributed by atoms with Crippen molar-refractivity contribution < 1.29 is 0 Å². The molecule has 0 aliphatic rings. The van der Waals surface area contributed by atoms with Crippen molar-refractivity contribution in [3.63, 3.8) is 0 Å². The van der Waals surface area contributed by atoms with Crippen LogP contribution in [0.1, 0.15) is 12.0 Å². The lowest BCUT2D eigenvalue weighted by Crippen LogP contribution is -1.95. The molecule has 0 amide bonds. The fourth-order valence-electron chi connectivity index (χ4n) is 0.957. The van der Waals surface area contributed by atoms with E-state index in [0.29, 0.717) is 6.54 Å². The summed E-state index contributed by atoms with van der Waals surface area (Å²) in [4.78, 5) is 0. The van der Waals surface area contributed by atoms with Crippen LogP contribution in [0.2, 0.25) is 0 Å². The number of hydrogen-bond donors (Lipinski definition) is 2. The minimum atomic E-state index is 0.627. The van der Waals surface area contributed by atoms with E-state index >= 15 is 0 Å². The SMILES string of the molecule is CNc1ccc(C#CCCN)cc1. The fourth-order valence-corrected chi connectivity index (χ4v) is 0.957. The lowest BCUT2D eigenvalue weighted by Gasteiger charge is -1.97. The molecule has 0 fully saturated rings. The molecule has 1 aromatic rings. The summed E-state index contributed by atoms with van der Waals surface area (Å²) >= 11 is 0. The summed E-state index contributed by atoms with van der Waals surface area (Å²) in [6, 6.07) is 8.00. The Bertz CT molecular complexity index is 303. The maximum absolute atomic E-state index is 5.33. The van der Waals surface area contributed by atoms with Gasteiger partial charge in [0.2, 0.25) is 0 Å². The van der Waals surface area contributed by atoms with E-state index in [2.05, 4.69) is 17.2 Å². The van der Waals surface area contributed by atoms with Gasteiger partial charge in [0.1, 0.15) is 0 Å². The summed E-state index contributed by atoms with van der Waals surface area (Å²) in [6.07, 6.45) is 0.758. The van der Waals surface area contributed by atoms with E-state index in [4.69, 9.17) is 5.73 Å². The average molecular weight is 174 g/mol. The molecule has 2 nitrogen and oxygen atoms in total. The van der Waals surface area contributed by atoms with Crippen molar-refractivity contribution in [3.05, 3.63) is 29.8 Å². The van der Waals surface area contributed by atoms with Gasteiger partial charge < -0.3 is 11.1 Å². The number of anilines is 1. The highest BCUT2D eigenvalue weighted by Gasteiger charge is 1.87. The van der Waals surface area contributed by atoms with Crippen molar-refractivity contribution in [1.29, 1.82) is 0 Å². The van der Waals surface area contributed by atoms with Gasteiger partial charge in [0.15, 0.2) is 0 Å². The predicted octanol–water partition coefficient (Wildman–Crippen LogP) is 1.43. The molecule has 0 heterocycles. The zero-order valence-electron chi connectivity index (χ0n) is 7.80. The van der Waals surface area contributed by atoms with Crippen LogP contribution in [0.3, 0.4) is 0 Å². The third-order valence-electron chi connectivity index (χ3n) is 1.68. The van der Waals surface area contributed by atoms with Crippen LogP contribution in [0.25, 0.3) is 0 Å². The maximum Gasteiger partial charge on any atom is 0.0338 e. The number of rotatable bonds is 2. The van der Waals surface area contributed by atoms with E-state index in [1.165, 1.54) is 0 Å². The molecule has 0 unspecified atom stereocenters. The number of benzene rings is 1. The van der Waals surface area contributed by atoms with Gasteiger partial charge in [-0.2, -0.15) is 0 Å². The standard InChI is InChI=1S/C11H14N2/c1-13-11-7-5-10(6-8-11)4-2-3-9-12/h5-8,13H,3,9,12H2,1H3. The molecule has 1 rings (SSSR count). The number of hydrogen-bond acceptors (Lipinski definition) is 2. The van der Waals surface area contributed by atoms with Crippen molar-refractivity contribution in [2.24, 2.45) is 5.73 Å². The molecule has 0 aromatic heterocycles. The summed E-state index contributed by atoms with van der Waals surface area (Å²) in [5, 5.41) is 3.05. The quantitative estimate of drug-likeness (QED) is 0.666. The molecular weight excluding hydrogens is 160 g/mol. The second-order valence-electron chi connectivity index (χ2n) is 2.67. The predicted molar refractivity (Wildman–Crippen MR) is 56.5 cm³/mol. The smallest absolute Gasteiger partial charge is 0.0338 e. The van der Waals surface area contributed by atoms with Gasteiger partial charge >= 0.3 is 0 Å². The van der Waals surface area contributed by atoms with E-state index < -0.39 is 0 Å². The molecular formula is C11H14N2. The Hall–Kier alpha value is -1.46. The Morgan fingerprint density at radius 2 is 2.00 bits per heavy atom. The highest BCUT2D eigenvalue weighted by molar-refractivity contribution is 5.47. The maximum atomic E-state index is 5.33. The second-order valence-corrected chi connectivity index (χ2v) is 2.67. The molecule has 2 heteroatoms. The molecule has 3 N–H and O–H groups in total. The Labute approximate surface area is 79.1 Å². The van der Waals surface area contributed by atoms with Crippen molar-refractivity contribution in [1.82, 2.24) is 0 Å². The van der Waals surface area contributed by atoms with Crippen LogP contribution in [0.4, 0.5) is 5.69 Å². The molecule has 0 aliphatic carbocycles. The zero-order valence-corrected chi connectivity index (χ0v) is 7.80. The minimum absolute atomic E-state index is 0.627. The third kappa shape index (κ3) is 3.18. The first-order valence-corrected chi connectivity index (χ1v) is 4.33. The van der Waals surface area contributed by atoms with Gasteiger partial charge in [0.25, 0.3) is 0 Å². The van der Waals surface area contributed by atoms with Crippen LogP contribution >= 0.6 is 0 Å². The van der Waals surface area contributed by atoms with Gasteiger partial charge in [0, 0.05) is 31.3 Å². The van der Waals surface area contributed by atoms with E-state index in [1.807, 2.05) is 31.3 Å². The first-order chi connectivity index (χ1) is 6.36. The molecule has 68 valence electrons. The summed E-state index contributed by atoms with van der Waals surface area (Å²) in [5.41, 5.74) is 7.46. The average Bonchev–Trinajstić information content (AvgIpc) is 2.19. The highest BCUT2D eigenvalue weighted by Crippen LogP contribution is 2.06. The van der Waals surface area contributed by atoms with Gasteiger partial charge in [-0.25, -0.2) is 0 Å². The van der Waals surface area contributed by atoms with Crippen LogP contribution in [-0.2, 0) is 0 Å². The normalized spacial score (nSPS) is 8.77. The lowest BCUT2D eigenvalue weighted by atomic mass is 10.2. The zero-order chi connectivity index (χ0) is 9.52. The summed E-state index contributed by atoms with van der Waals surface area (Å²) < 4.78 is 0. The molecule has 0 aliphatic heterocycles. The van der Waals surface area contributed by atoms with Crippen LogP contribution in [0.5, 0.6) is 0 Å². The van der Waals surface area contributed by atoms with Gasteiger partial charge in [-0.3, -0.25) is 0 Å². The van der Waals surface area contributed by atoms with E-state index in [-0.39, 0.29) is 0 Å². The summed E-state index contributed by atoms with van der Waals surface area (Å²) in [6.45, 7) is 0.627. The first kappa shape index (κ1) is 9.63. The number of nitrogens with one attached hydrogen (secondary N) is 1. The fraction of sp³-hybridized carbons (Fsp3) is 0.273. The topological polar surface area (TPSA) is 38.0 Å². The Morgan fingerprint density at radius 3 is 2.54 bits per heavy atom. The Kier molecular flexibility index (Phi) is 3.87. The monoisotopic (exact) mass is 174 g/mol. The molecule has 1 aromatic carbocycles. The van der Waals surface area contributed by atoms with Gasteiger partial charge in [-0.1, -0.05) is 11.8 Å². The minimum Gasteiger partial charge on any atom is -0.388 e. The van der Waals surface area contributed by atoms with E-state index in [9.17, 15) is 0 Å². The molecule has 0 spiro atoms.